The zero-order chi connectivity index (χ0) is 19.2. The summed E-state index contributed by atoms with van der Waals surface area (Å²) >= 11 is 0. The number of nitrogens with zero attached hydrogens (tertiary/aromatic N) is 1. The Hall–Kier alpha value is -3.40. The molecule has 0 radical (unpaired) electrons. The first-order valence-corrected chi connectivity index (χ1v) is 9.63. The van der Waals surface area contributed by atoms with E-state index in [0.717, 1.165) is 40.8 Å². The van der Waals surface area contributed by atoms with E-state index < -0.39 is 0 Å². The molecule has 0 atom stereocenters. The molecule has 1 aromatic heterocycles. The fraction of sp³-hybridized carbons (Fsp3) is 0.167. The third kappa shape index (κ3) is 4.29. The molecule has 0 saturated heterocycles. The van der Waals surface area contributed by atoms with E-state index >= 15 is 0 Å². The van der Waals surface area contributed by atoms with Crippen LogP contribution in [0.2, 0.25) is 0 Å². The Labute approximate surface area is 164 Å². The monoisotopic (exact) mass is 369 g/mol. The highest BCUT2D eigenvalue weighted by molar-refractivity contribution is 5.95. The lowest BCUT2D eigenvalue weighted by Gasteiger charge is -2.10. The number of aryl methyl sites for hydroxylation is 2. The number of aromatic nitrogens is 2. The number of hydrogen-bond acceptors (Lipinski definition) is 2. The molecular formula is C24H23N3O. The van der Waals surface area contributed by atoms with Crippen molar-refractivity contribution in [1.82, 2.24) is 15.3 Å². The largest absolute Gasteiger partial charge is 0.352 e. The van der Waals surface area contributed by atoms with E-state index in [4.69, 9.17) is 0 Å². The summed E-state index contributed by atoms with van der Waals surface area (Å²) < 4.78 is 0. The minimum Gasteiger partial charge on any atom is -0.352 e. The number of H-pyrrole nitrogens is 1. The van der Waals surface area contributed by atoms with Crippen LogP contribution in [0.5, 0.6) is 0 Å². The van der Waals surface area contributed by atoms with Gasteiger partial charge in [-0.3, -0.25) is 4.79 Å². The van der Waals surface area contributed by atoms with Gasteiger partial charge in [0.25, 0.3) is 5.91 Å². The van der Waals surface area contributed by atoms with Gasteiger partial charge in [0.2, 0.25) is 0 Å². The zero-order valence-electron chi connectivity index (χ0n) is 15.7. The molecule has 3 aromatic carbocycles. The molecule has 4 heteroatoms. The van der Waals surface area contributed by atoms with E-state index in [9.17, 15) is 4.79 Å². The van der Waals surface area contributed by atoms with Gasteiger partial charge in [-0.15, -0.1) is 0 Å². The van der Waals surface area contributed by atoms with Crippen molar-refractivity contribution in [2.24, 2.45) is 0 Å². The molecular weight excluding hydrogens is 346 g/mol. The van der Waals surface area contributed by atoms with Crippen LogP contribution in [0, 0.1) is 0 Å². The van der Waals surface area contributed by atoms with E-state index in [0.29, 0.717) is 13.0 Å². The van der Waals surface area contributed by atoms with Gasteiger partial charge in [-0.2, -0.15) is 0 Å². The van der Waals surface area contributed by atoms with Crippen LogP contribution < -0.4 is 5.32 Å². The van der Waals surface area contributed by atoms with E-state index in [1.807, 2.05) is 66.7 Å². The predicted molar refractivity (Wildman–Crippen MR) is 112 cm³/mol. The van der Waals surface area contributed by atoms with Gasteiger partial charge in [-0.25, -0.2) is 4.98 Å². The number of amides is 1. The van der Waals surface area contributed by atoms with Crippen molar-refractivity contribution in [3.05, 3.63) is 101 Å². The van der Waals surface area contributed by atoms with Crippen LogP contribution in [-0.4, -0.2) is 22.4 Å². The minimum atomic E-state index is -0.0280. The Morgan fingerprint density at radius 1 is 0.821 bits per heavy atom. The first-order chi connectivity index (χ1) is 13.8. The maximum absolute atomic E-state index is 12.7. The van der Waals surface area contributed by atoms with Crippen molar-refractivity contribution in [2.75, 3.05) is 6.54 Å². The Morgan fingerprint density at radius 2 is 1.57 bits per heavy atom. The summed E-state index contributed by atoms with van der Waals surface area (Å²) in [5.41, 5.74) is 5.09. The summed E-state index contributed by atoms with van der Waals surface area (Å²) in [4.78, 5) is 20.6. The number of nitrogens with one attached hydrogen (secondary N) is 2. The molecule has 0 unspecified atom stereocenters. The molecule has 1 amide bonds. The number of carbonyl (C=O) groups excluding carboxylic acids is 1. The van der Waals surface area contributed by atoms with Crippen LogP contribution in [0.25, 0.3) is 11.0 Å². The Kier molecular flexibility index (Phi) is 5.48. The molecule has 4 aromatic rings. The van der Waals surface area contributed by atoms with Gasteiger partial charge < -0.3 is 10.3 Å². The number of benzene rings is 3. The fourth-order valence-corrected chi connectivity index (χ4v) is 3.40. The number of para-hydroxylation sites is 2. The van der Waals surface area contributed by atoms with Gasteiger partial charge in [-0.05, 0) is 42.2 Å². The molecule has 0 aliphatic heterocycles. The summed E-state index contributed by atoms with van der Waals surface area (Å²) in [5.74, 6) is 0.860. The van der Waals surface area contributed by atoms with E-state index in [1.54, 1.807) is 0 Å². The molecule has 0 aliphatic carbocycles. The SMILES string of the molecule is O=C(NCCc1nc2ccccc2[nH]1)c1ccccc1CCc1ccccc1. The van der Waals surface area contributed by atoms with Gasteiger partial charge in [0, 0.05) is 18.5 Å². The van der Waals surface area contributed by atoms with Gasteiger partial charge in [0.1, 0.15) is 5.82 Å². The molecule has 140 valence electrons. The van der Waals surface area contributed by atoms with E-state index in [1.165, 1.54) is 5.56 Å². The molecule has 0 fully saturated rings. The Balaban J connectivity index is 1.36. The predicted octanol–water partition coefficient (Wildman–Crippen LogP) is 4.32. The Morgan fingerprint density at radius 3 is 2.43 bits per heavy atom. The quantitative estimate of drug-likeness (QED) is 0.510. The second kappa shape index (κ2) is 8.53. The van der Waals surface area contributed by atoms with Gasteiger partial charge >= 0.3 is 0 Å². The molecule has 1 heterocycles. The van der Waals surface area contributed by atoms with Gasteiger partial charge in [-0.1, -0.05) is 60.7 Å². The summed E-state index contributed by atoms with van der Waals surface area (Å²) in [6.07, 6.45) is 2.44. The van der Waals surface area contributed by atoms with E-state index in [-0.39, 0.29) is 5.91 Å². The fourth-order valence-electron chi connectivity index (χ4n) is 3.40. The topological polar surface area (TPSA) is 57.8 Å². The third-order valence-corrected chi connectivity index (χ3v) is 4.87. The molecule has 2 N–H and O–H groups in total. The highest BCUT2D eigenvalue weighted by Gasteiger charge is 2.11. The molecule has 28 heavy (non-hydrogen) atoms. The summed E-state index contributed by atoms with van der Waals surface area (Å²) in [5, 5.41) is 3.03. The average molecular weight is 369 g/mol. The van der Waals surface area contributed by atoms with Crippen molar-refractivity contribution in [3.63, 3.8) is 0 Å². The van der Waals surface area contributed by atoms with Crippen molar-refractivity contribution in [3.8, 4) is 0 Å². The van der Waals surface area contributed by atoms with Crippen LogP contribution in [0.15, 0.2) is 78.9 Å². The molecule has 4 nitrogen and oxygen atoms in total. The molecule has 4 rings (SSSR count). The lowest BCUT2D eigenvalue weighted by molar-refractivity contribution is 0.0953. The standard InChI is InChI=1S/C24H23N3O/c28-24(25-17-16-23-26-21-12-6-7-13-22(21)27-23)20-11-5-4-10-19(20)15-14-18-8-2-1-3-9-18/h1-13H,14-17H2,(H,25,28)(H,26,27). The van der Waals surface area contributed by atoms with Gasteiger partial charge in [0.05, 0.1) is 11.0 Å². The molecule has 0 bridgehead atoms. The average Bonchev–Trinajstić information content (AvgIpc) is 3.16. The third-order valence-electron chi connectivity index (χ3n) is 4.87. The number of carbonyl (C=O) groups is 1. The number of hydrogen-bond donors (Lipinski definition) is 2. The van der Waals surface area contributed by atoms with Crippen molar-refractivity contribution < 1.29 is 4.79 Å². The first-order valence-electron chi connectivity index (χ1n) is 9.63. The van der Waals surface area contributed by atoms with Gasteiger partial charge in [0.15, 0.2) is 0 Å². The molecule has 0 aliphatic rings. The van der Waals surface area contributed by atoms with Crippen LogP contribution in [-0.2, 0) is 19.3 Å². The normalized spacial score (nSPS) is 10.9. The zero-order valence-corrected chi connectivity index (χ0v) is 15.7. The minimum absolute atomic E-state index is 0.0280. The molecule has 0 spiro atoms. The lowest BCUT2D eigenvalue weighted by Crippen LogP contribution is -2.27. The summed E-state index contributed by atoms with van der Waals surface area (Å²) in [7, 11) is 0. The number of aromatic amines is 1. The summed E-state index contributed by atoms with van der Waals surface area (Å²) in [6, 6.07) is 26.2. The molecule has 0 saturated carbocycles. The smallest absolute Gasteiger partial charge is 0.251 e. The van der Waals surface area contributed by atoms with Crippen molar-refractivity contribution in [2.45, 2.75) is 19.3 Å². The van der Waals surface area contributed by atoms with Crippen LogP contribution in [0.1, 0.15) is 27.3 Å². The van der Waals surface area contributed by atoms with Crippen LogP contribution >= 0.6 is 0 Å². The lowest BCUT2D eigenvalue weighted by atomic mass is 9.99. The number of rotatable bonds is 7. The summed E-state index contributed by atoms with van der Waals surface area (Å²) in [6.45, 7) is 0.547. The second-order valence-electron chi connectivity index (χ2n) is 6.85. The van der Waals surface area contributed by atoms with Crippen LogP contribution in [0.3, 0.4) is 0 Å². The van der Waals surface area contributed by atoms with Crippen molar-refractivity contribution >= 4 is 16.9 Å². The Bertz CT molecular complexity index is 1040. The van der Waals surface area contributed by atoms with E-state index in [2.05, 4.69) is 27.4 Å². The number of imidazole rings is 1. The maximum atomic E-state index is 12.7. The second-order valence-corrected chi connectivity index (χ2v) is 6.85. The first kappa shape index (κ1) is 18.0. The maximum Gasteiger partial charge on any atom is 0.251 e. The van der Waals surface area contributed by atoms with Crippen LogP contribution in [0.4, 0.5) is 0 Å². The highest BCUT2D eigenvalue weighted by Crippen LogP contribution is 2.13. The highest BCUT2D eigenvalue weighted by atomic mass is 16.1. The number of fused-ring (bicyclic) bond motifs is 1. The van der Waals surface area contributed by atoms with Crippen molar-refractivity contribution in [1.29, 1.82) is 0 Å².